The van der Waals surface area contributed by atoms with Crippen LogP contribution < -0.4 is 4.74 Å². The molecule has 2 heterocycles. The first-order valence-corrected chi connectivity index (χ1v) is 6.92. The molecule has 4 nitrogen and oxygen atoms in total. The summed E-state index contributed by atoms with van der Waals surface area (Å²) >= 11 is 0. The Balaban J connectivity index is 1.61. The number of hydrogen-bond donors (Lipinski definition) is 0. The van der Waals surface area contributed by atoms with Gasteiger partial charge in [0.05, 0.1) is 12.1 Å². The number of pyridine rings is 1. The van der Waals surface area contributed by atoms with E-state index in [1.54, 1.807) is 4.90 Å². The Morgan fingerprint density at radius 3 is 2.76 bits per heavy atom. The number of nitrogens with zero attached hydrogens (tertiary/aromatic N) is 2. The minimum Gasteiger partial charge on any atom is -0.472 e. The number of hydrogen-bond acceptors (Lipinski definition) is 3. The topological polar surface area (TPSA) is 42.4 Å². The second kappa shape index (κ2) is 5.20. The van der Waals surface area contributed by atoms with Gasteiger partial charge in [0.25, 0.3) is 0 Å². The van der Waals surface area contributed by atoms with Crippen LogP contribution in [0, 0.1) is 5.92 Å². The van der Waals surface area contributed by atoms with Crippen molar-refractivity contribution in [3.05, 3.63) is 23.9 Å². The molecule has 1 saturated carbocycles. The van der Waals surface area contributed by atoms with Crippen LogP contribution in [0.5, 0.6) is 5.88 Å². The molecule has 1 saturated heterocycles. The van der Waals surface area contributed by atoms with Crippen molar-refractivity contribution >= 4 is 5.91 Å². The van der Waals surface area contributed by atoms with E-state index in [0.717, 1.165) is 31.2 Å². The maximum absolute atomic E-state index is 12.6. The average molecular weight is 300 g/mol. The zero-order valence-electron chi connectivity index (χ0n) is 11.3. The van der Waals surface area contributed by atoms with E-state index in [9.17, 15) is 18.0 Å². The molecular weight excluding hydrogens is 285 g/mol. The maximum Gasteiger partial charge on any atom is 0.416 e. The first kappa shape index (κ1) is 14.2. The van der Waals surface area contributed by atoms with E-state index in [-0.39, 0.29) is 23.8 Å². The van der Waals surface area contributed by atoms with E-state index in [2.05, 4.69) is 4.98 Å². The Hall–Kier alpha value is -1.79. The lowest BCUT2D eigenvalue weighted by molar-refractivity contribution is -0.137. The number of alkyl halides is 3. The van der Waals surface area contributed by atoms with Crippen LogP contribution in [0.4, 0.5) is 13.2 Å². The molecule has 2 aliphatic rings. The van der Waals surface area contributed by atoms with Gasteiger partial charge >= 0.3 is 6.18 Å². The van der Waals surface area contributed by atoms with Crippen LogP contribution in [0.15, 0.2) is 18.3 Å². The molecule has 21 heavy (non-hydrogen) atoms. The number of aromatic nitrogens is 1. The van der Waals surface area contributed by atoms with Gasteiger partial charge < -0.3 is 9.64 Å². The lowest BCUT2D eigenvalue weighted by atomic mass is 10.2. The third-order valence-electron chi connectivity index (χ3n) is 3.73. The molecule has 7 heteroatoms. The smallest absolute Gasteiger partial charge is 0.416 e. The molecular formula is C14H15F3N2O2. The van der Waals surface area contributed by atoms with Gasteiger partial charge in [-0.2, -0.15) is 13.2 Å². The zero-order valence-corrected chi connectivity index (χ0v) is 11.3. The van der Waals surface area contributed by atoms with Gasteiger partial charge in [0, 0.05) is 31.1 Å². The van der Waals surface area contributed by atoms with E-state index in [0.29, 0.717) is 19.5 Å². The fourth-order valence-corrected chi connectivity index (χ4v) is 2.43. The summed E-state index contributed by atoms with van der Waals surface area (Å²) in [5.41, 5.74) is -0.781. The molecule has 1 unspecified atom stereocenters. The lowest BCUT2D eigenvalue weighted by Gasteiger charge is -2.17. The second-order valence-corrected chi connectivity index (χ2v) is 5.47. The van der Waals surface area contributed by atoms with E-state index < -0.39 is 11.7 Å². The normalized spacial score (nSPS) is 22.4. The third kappa shape index (κ3) is 3.28. The van der Waals surface area contributed by atoms with Gasteiger partial charge in [-0.25, -0.2) is 4.98 Å². The first-order chi connectivity index (χ1) is 9.93. The molecule has 3 rings (SSSR count). The number of carbonyl (C=O) groups excluding carboxylic acids is 1. The van der Waals surface area contributed by atoms with Crippen molar-refractivity contribution in [3.8, 4) is 5.88 Å². The first-order valence-electron chi connectivity index (χ1n) is 6.92. The highest BCUT2D eigenvalue weighted by Gasteiger charge is 2.37. The summed E-state index contributed by atoms with van der Waals surface area (Å²) < 4.78 is 43.3. The zero-order chi connectivity index (χ0) is 15.0. The van der Waals surface area contributed by atoms with E-state index in [4.69, 9.17) is 4.74 Å². The number of halogens is 3. The van der Waals surface area contributed by atoms with Gasteiger partial charge in [0.2, 0.25) is 11.8 Å². The van der Waals surface area contributed by atoms with Crippen LogP contribution in [0.2, 0.25) is 0 Å². The Morgan fingerprint density at radius 1 is 1.33 bits per heavy atom. The Labute approximate surface area is 119 Å². The van der Waals surface area contributed by atoms with Crippen molar-refractivity contribution in [2.75, 3.05) is 13.1 Å². The van der Waals surface area contributed by atoms with E-state index in [1.807, 2.05) is 0 Å². The number of likely N-dealkylation sites (tertiary alicyclic amines) is 1. The molecule has 1 aromatic rings. The van der Waals surface area contributed by atoms with Crippen LogP contribution in [-0.4, -0.2) is 35.0 Å². The summed E-state index contributed by atoms with van der Waals surface area (Å²) in [6.07, 6.45) is -1.11. The van der Waals surface area contributed by atoms with Gasteiger partial charge in [0.1, 0.15) is 6.10 Å². The quantitative estimate of drug-likeness (QED) is 0.861. The van der Waals surface area contributed by atoms with Crippen LogP contribution in [0.1, 0.15) is 24.8 Å². The lowest BCUT2D eigenvalue weighted by Crippen LogP contribution is -2.32. The molecule has 114 valence electrons. The molecule has 1 atom stereocenters. The maximum atomic E-state index is 12.6. The SMILES string of the molecule is O=C(C1CC1)N1CCC(Oc2cc(C(F)(F)F)ccn2)C1. The van der Waals surface area contributed by atoms with Crippen molar-refractivity contribution in [2.45, 2.75) is 31.5 Å². The fraction of sp³-hybridized carbons (Fsp3) is 0.571. The molecule has 1 aromatic heterocycles. The molecule has 1 aliphatic carbocycles. The van der Waals surface area contributed by atoms with Crippen molar-refractivity contribution in [3.63, 3.8) is 0 Å². The minimum absolute atomic E-state index is 0.0458. The second-order valence-electron chi connectivity index (χ2n) is 5.47. The molecule has 0 aromatic carbocycles. The molecule has 0 spiro atoms. The Kier molecular flexibility index (Phi) is 3.51. The van der Waals surface area contributed by atoms with Crippen molar-refractivity contribution in [1.29, 1.82) is 0 Å². The number of rotatable bonds is 3. The Morgan fingerprint density at radius 2 is 2.10 bits per heavy atom. The summed E-state index contributed by atoms with van der Waals surface area (Å²) in [4.78, 5) is 17.4. The molecule has 0 radical (unpaired) electrons. The van der Waals surface area contributed by atoms with Gasteiger partial charge in [-0.3, -0.25) is 4.79 Å². The largest absolute Gasteiger partial charge is 0.472 e. The molecule has 0 bridgehead atoms. The van der Waals surface area contributed by atoms with Gasteiger partial charge in [-0.05, 0) is 18.9 Å². The highest BCUT2D eigenvalue weighted by atomic mass is 19.4. The third-order valence-corrected chi connectivity index (χ3v) is 3.73. The monoisotopic (exact) mass is 300 g/mol. The van der Waals surface area contributed by atoms with Crippen LogP contribution >= 0.6 is 0 Å². The summed E-state index contributed by atoms with van der Waals surface area (Å²) in [5.74, 6) is 0.240. The summed E-state index contributed by atoms with van der Waals surface area (Å²) in [7, 11) is 0. The fourth-order valence-electron chi connectivity index (χ4n) is 2.43. The number of ether oxygens (including phenoxy) is 1. The predicted molar refractivity (Wildman–Crippen MR) is 67.6 cm³/mol. The highest BCUT2D eigenvalue weighted by Crippen LogP contribution is 2.33. The van der Waals surface area contributed by atoms with Gasteiger partial charge in [-0.1, -0.05) is 0 Å². The summed E-state index contributed by atoms with van der Waals surface area (Å²) in [6, 6.07) is 1.80. The van der Waals surface area contributed by atoms with Crippen molar-refractivity contribution < 1.29 is 22.7 Å². The molecule has 1 amide bonds. The van der Waals surface area contributed by atoms with Gasteiger partial charge in [-0.15, -0.1) is 0 Å². The minimum atomic E-state index is -4.41. The van der Waals surface area contributed by atoms with Crippen molar-refractivity contribution in [1.82, 2.24) is 9.88 Å². The standard InChI is InChI=1S/C14H15F3N2O2/c15-14(16,17)10-3-5-18-12(7-10)21-11-4-6-19(8-11)13(20)9-1-2-9/h3,5,7,9,11H,1-2,4,6,8H2. The molecule has 0 N–H and O–H groups in total. The number of carbonyl (C=O) groups is 1. The van der Waals surface area contributed by atoms with Crippen LogP contribution in [0.3, 0.4) is 0 Å². The molecule has 1 aliphatic heterocycles. The van der Waals surface area contributed by atoms with Crippen LogP contribution in [0.25, 0.3) is 0 Å². The predicted octanol–water partition coefficient (Wildman–Crippen LogP) is 2.49. The van der Waals surface area contributed by atoms with Gasteiger partial charge in [0.15, 0.2) is 0 Å². The van der Waals surface area contributed by atoms with E-state index >= 15 is 0 Å². The van der Waals surface area contributed by atoms with E-state index in [1.165, 1.54) is 0 Å². The van der Waals surface area contributed by atoms with Crippen LogP contribution in [-0.2, 0) is 11.0 Å². The summed E-state index contributed by atoms with van der Waals surface area (Å²) in [6.45, 7) is 1.02. The Bertz CT molecular complexity index is 543. The highest BCUT2D eigenvalue weighted by molar-refractivity contribution is 5.81. The summed E-state index contributed by atoms with van der Waals surface area (Å²) in [5, 5.41) is 0. The number of amides is 1. The molecule has 2 fully saturated rings. The average Bonchev–Trinajstić information content (AvgIpc) is 3.18. The van der Waals surface area contributed by atoms with Crippen molar-refractivity contribution in [2.24, 2.45) is 5.92 Å².